The molecular formula is C16H22N4O3. The molecule has 0 bridgehead atoms. The number of hydrogen-bond acceptors (Lipinski definition) is 5. The van der Waals surface area contributed by atoms with Crippen molar-refractivity contribution in [2.75, 3.05) is 27.3 Å². The van der Waals surface area contributed by atoms with Crippen LogP contribution < -0.4 is 15.2 Å². The fourth-order valence-electron chi connectivity index (χ4n) is 3.05. The third-order valence-electron chi connectivity index (χ3n) is 4.25. The van der Waals surface area contributed by atoms with Crippen LogP contribution in [0.25, 0.3) is 0 Å². The van der Waals surface area contributed by atoms with E-state index in [2.05, 4.69) is 10.00 Å². The topological polar surface area (TPSA) is 61.5 Å². The van der Waals surface area contributed by atoms with E-state index in [0.717, 1.165) is 48.9 Å². The molecule has 1 aliphatic rings. The Morgan fingerprint density at radius 2 is 2.00 bits per heavy atom. The minimum Gasteiger partial charge on any atom is -0.493 e. The monoisotopic (exact) mass is 318 g/mol. The van der Waals surface area contributed by atoms with Crippen LogP contribution in [0.4, 0.5) is 0 Å². The average molecular weight is 318 g/mol. The lowest BCUT2D eigenvalue weighted by molar-refractivity contribution is 0.263. The molecule has 0 N–H and O–H groups in total. The highest BCUT2D eigenvalue weighted by Crippen LogP contribution is 2.31. The van der Waals surface area contributed by atoms with E-state index in [-0.39, 0.29) is 5.69 Å². The van der Waals surface area contributed by atoms with E-state index >= 15 is 0 Å². The van der Waals surface area contributed by atoms with Gasteiger partial charge in [-0.25, -0.2) is 9.48 Å². The minimum absolute atomic E-state index is 0.0409. The van der Waals surface area contributed by atoms with Crippen LogP contribution in [-0.4, -0.2) is 46.6 Å². The molecule has 3 rings (SSSR count). The molecule has 1 aromatic heterocycles. The van der Waals surface area contributed by atoms with Crippen LogP contribution in [0.1, 0.15) is 11.4 Å². The molecule has 2 heterocycles. The number of benzene rings is 1. The smallest absolute Gasteiger partial charge is 0.345 e. The van der Waals surface area contributed by atoms with Crippen molar-refractivity contribution >= 4 is 0 Å². The molecule has 0 spiro atoms. The maximum atomic E-state index is 12.0. The first-order valence-electron chi connectivity index (χ1n) is 7.69. The molecule has 0 saturated heterocycles. The van der Waals surface area contributed by atoms with Crippen LogP contribution >= 0.6 is 0 Å². The summed E-state index contributed by atoms with van der Waals surface area (Å²) < 4.78 is 14.0. The first-order valence-corrected chi connectivity index (χ1v) is 7.69. The number of aromatic nitrogens is 3. The molecule has 0 radical (unpaired) electrons. The van der Waals surface area contributed by atoms with Crippen molar-refractivity contribution in [2.24, 2.45) is 7.05 Å². The molecule has 7 nitrogen and oxygen atoms in total. The molecule has 0 atom stereocenters. The third-order valence-corrected chi connectivity index (χ3v) is 4.25. The first kappa shape index (κ1) is 15.6. The van der Waals surface area contributed by atoms with Crippen LogP contribution in [0.15, 0.2) is 23.0 Å². The number of ether oxygens (including phenoxy) is 2. The van der Waals surface area contributed by atoms with Gasteiger partial charge in [0.05, 0.1) is 14.2 Å². The van der Waals surface area contributed by atoms with Gasteiger partial charge in [-0.2, -0.15) is 5.10 Å². The number of methoxy groups -OCH3 is 2. The molecule has 124 valence electrons. The second kappa shape index (κ2) is 6.45. The summed E-state index contributed by atoms with van der Waals surface area (Å²) in [6, 6.07) is 5.91. The molecular weight excluding hydrogens is 296 g/mol. The third kappa shape index (κ3) is 2.96. The lowest BCUT2D eigenvalue weighted by atomic mass is 10.1. The quantitative estimate of drug-likeness (QED) is 0.829. The Balaban J connectivity index is 1.77. The van der Waals surface area contributed by atoms with Crippen molar-refractivity contribution in [3.05, 3.63) is 40.1 Å². The second-order valence-corrected chi connectivity index (χ2v) is 5.65. The second-order valence-electron chi connectivity index (χ2n) is 5.65. The van der Waals surface area contributed by atoms with E-state index in [4.69, 9.17) is 9.47 Å². The molecule has 0 amide bonds. The number of aryl methyl sites for hydroxylation is 1. The van der Waals surface area contributed by atoms with Crippen LogP contribution in [0, 0.1) is 0 Å². The Hall–Kier alpha value is -2.28. The number of para-hydroxylation sites is 1. The summed E-state index contributed by atoms with van der Waals surface area (Å²) in [5.41, 5.74) is 1.04. The molecule has 0 saturated carbocycles. The molecule has 23 heavy (non-hydrogen) atoms. The van der Waals surface area contributed by atoms with E-state index in [9.17, 15) is 4.79 Å². The zero-order valence-corrected chi connectivity index (χ0v) is 13.8. The summed E-state index contributed by atoms with van der Waals surface area (Å²) in [6.45, 7) is 3.08. The van der Waals surface area contributed by atoms with Crippen LogP contribution in [0.3, 0.4) is 0 Å². The highest BCUT2D eigenvalue weighted by Gasteiger charge is 2.20. The van der Waals surface area contributed by atoms with Crippen LogP contribution in [-0.2, 0) is 26.6 Å². The summed E-state index contributed by atoms with van der Waals surface area (Å²) in [5.74, 6) is 2.37. The first-order chi connectivity index (χ1) is 11.1. The molecule has 7 heteroatoms. The van der Waals surface area contributed by atoms with E-state index in [1.54, 1.807) is 25.8 Å². The summed E-state index contributed by atoms with van der Waals surface area (Å²) in [4.78, 5) is 14.3. The minimum atomic E-state index is -0.0409. The van der Waals surface area contributed by atoms with Crippen molar-refractivity contribution in [3.63, 3.8) is 0 Å². The number of rotatable bonds is 4. The summed E-state index contributed by atoms with van der Waals surface area (Å²) in [5, 5.41) is 4.31. The average Bonchev–Trinajstić information content (AvgIpc) is 2.72. The van der Waals surface area contributed by atoms with Gasteiger partial charge in [-0.05, 0) is 6.07 Å². The highest BCUT2D eigenvalue weighted by atomic mass is 16.5. The standard InChI is InChI=1S/C16H22N4O3/c1-18-16(21)20-10-9-19(8-7-14(20)17-18)11-12-5-4-6-13(22-2)15(12)23-3/h4-6H,7-11H2,1-3H3. The van der Waals surface area contributed by atoms with Crippen molar-refractivity contribution in [2.45, 2.75) is 19.5 Å². The molecule has 2 aromatic rings. The fraction of sp³-hybridized carbons (Fsp3) is 0.500. The molecule has 0 unspecified atom stereocenters. The predicted molar refractivity (Wildman–Crippen MR) is 86.0 cm³/mol. The van der Waals surface area contributed by atoms with Crippen molar-refractivity contribution in [3.8, 4) is 11.5 Å². The van der Waals surface area contributed by atoms with E-state index in [1.165, 1.54) is 4.68 Å². The van der Waals surface area contributed by atoms with E-state index in [0.29, 0.717) is 6.54 Å². The lowest BCUT2D eigenvalue weighted by Crippen LogP contribution is -2.29. The molecule has 0 aliphatic carbocycles. The van der Waals surface area contributed by atoms with Gasteiger partial charge in [0.2, 0.25) is 0 Å². The summed E-state index contributed by atoms with van der Waals surface area (Å²) in [6.07, 6.45) is 0.766. The predicted octanol–water partition coefficient (Wildman–Crippen LogP) is 0.657. The number of hydrogen-bond donors (Lipinski definition) is 0. The summed E-state index contributed by atoms with van der Waals surface area (Å²) >= 11 is 0. The van der Waals surface area contributed by atoms with Crippen LogP contribution in [0.2, 0.25) is 0 Å². The highest BCUT2D eigenvalue weighted by molar-refractivity contribution is 5.46. The van der Waals surface area contributed by atoms with E-state index < -0.39 is 0 Å². The Morgan fingerprint density at radius 1 is 1.17 bits per heavy atom. The lowest BCUT2D eigenvalue weighted by Gasteiger charge is -2.21. The largest absolute Gasteiger partial charge is 0.493 e. The maximum Gasteiger partial charge on any atom is 0.345 e. The molecule has 1 aliphatic heterocycles. The number of fused-ring (bicyclic) bond motifs is 1. The van der Waals surface area contributed by atoms with Gasteiger partial charge in [0.15, 0.2) is 11.5 Å². The Morgan fingerprint density at radius 3 is 2.74 bits per heavy atom. The van der Waals surface area contributed by atoms with Crippen molar-refractivity contribution < 1.29 is 9.47 Å². The Labute approximate surface area is 135 Å². The van der Waals surface area contributed by atoms with Gasteiger partial charge in [0.1, 0.15) is 5.82 Å². The number of nitrogens with zero attached hydrogens (tertiary/aromatic N) is 4. The Bertz CT molecular complexity index is 750. The molecule has 1 aromatic carbocycles. The van der Waals surface area contributed by atoms with Gasteiger partial charge in [0, 0.05) is 45.2 Å². The van der Waals surface area contributed by atoms with Gasteiger partial charge in [0.25, 0.3) is 0 Å². The van der Waals surface area contributed by atoms with Gasteiger partial charge in [-0.1, -0.05) is 12.1 Å². The van der Waals surface area contributed by atoms with Crippen molar-refractivity contribution in [1.29, 1.82) is 0 Å². The van der Waals surface area contributed by atoms with Crippen LogP contribution in [0.5, 0.6) is 11.5 Å². The van der Waals surface area contributed by atoms with Gasteiger partial charge in [-0.15, -0.1) is 0 Å². The zero-order valence-electron chi connectivity index (χ0n) is 13.8. The maximum absolute atomic E-state index is 12.0. The van der Waals surface area contributed by atoms with Crippen molar-refractivity contribution in [1.82, 2.24) is 19.2 Å². The van der Waals surface area contributed by atoms with Gasteiger partial charge < -0.3 is 9.47 Å². The van der Waals surface area contributed by atoms with Gasteiger partial charge in [-0.3, -0.25) is 9.47 Å². The normalized spacial score (nSPS) is 15.1. The van der Waals surface area contributed by atoms with E-state index in [1.807, 2.05) is 18.2 Å². The molecule has 0 fully saturated rings. The zero-order chi connectivity index (χ0) is 16.4. The van der Waals surface area contributed by atoms with Gasteiger partial charge >= 0.3 is 5.69 Å². The fourth-order valence-corrected chi connectivity index (χ4v) is 3.05. The SMILES string of the molecule is COc1cccc(CN2CCc3nn(C)c(=O)n3CC2)c1OC. The summed E-state index contributed by atoms with van der Waals surface area (Å²) in [7, 11) is 4.99. The Kier molecular flexibility index (Phi) is 4.38.